The second kappa shape index (κ2) is 4.71. The first-order chi connectivity index (χ1) is 8.66. The fraction of sp³-hybridized carbons (Fsp3) is 0.500. The first-order valence-electron chi connectivity index (χ1n) is 6.50. The Kier molecular flexibility index (Phi) is 3.20. The normalized spacial score (nSPS) is 19.0. The maximum Gasteiger partial charge on any atom is 0.184 e. The average molecular weight is 281 g/mol. The quantitative estimate of drug-likeness (QED) is 0.829. The first-order valence-corrected chi connectivity index (χ1v) is 7.69. The number of hydrogen-bond donors (Lipinski definition) is 1. The smallest absolute Gasteiger partial charge is 0.184 e. The van der Waals surface area contributed by atoms with Gasteiger partial charge in [0.1, 0.15) is 0 Å². The summed E-state index contributed by atoms with van der Waals surface area (Å²) in [5, 5.41) is 5.42. The van der Waals surface area contributed by atoms with Crippen LogP contribution in [0.5, 0.6) is 0 Å². The van der Waals surface area contributed by atoms with E-state index in [1.54, 1.807) is 11.3 Å². The summed E-state index contributed by atoms with van der Waals surface area (Å²) < 4.78 is 1.08. The minimum Gasteiger partial charge on any atom is -0.356 e. The summed E-state index contributed by atoms with van der Waals surface area (Å²) >= 11 is 7.85. The van der Waals surface area contributed by atoms with E-state index in [1.165, 1.54) is 32.1 Å². The summed E-state index contributed by atoms with van der Waals surface area (Å²) in [6.07, 6.45) is 6.46. The van der Waals surface area contributed by atoms with Gasteiger partial charge in [-0.05, 0) is 31.9 Å². The van der Waals surface area contributed by atoms with Crippen molar-refractivity contribution in [3.8, 4) is 0 Å². The lowest BCUT2D eigenvalue weighted by Gasteiger charge is -2.34. The Hall–Kier alpha value is -0.800. The van der Waals surface area contributed by atoms with E-state index < -0.39 is 0 Å². The van der Waals surface area contributed by atoms with Gasteiger partial charge in [0.25, 0.3) is 0 Å². The Labute approximate surface area is 116 Å². The molecule has 18 heavy (non-hydrogen) atoms. The molecule has 96 valence electrons. The van der Waals surface area contributed by atoms with Crippen LogP contribution in [0, 0.1) is 0 Å². The van der Waals surface area contributed by atoms with E-state index in [2.05, 4.69) is 17.2 Å². The zero-order chi connectivity index (χ0) is 12.6. The molecular weight excluding hydrogens is 264 g/mol. The van der Waals surface area contributed by atoms with E-state index in [0.717, 1.165) is 20.4 Å². The van der Waals surface area contributed by atoms with E-state index in [9.17, 15) is 0 Å². The number of thiazole rings is 1. The van der Waals surface area contributed by atoms with Gasteiger partial charge in [0.15, 0.2) is 5.13 Å². The third-order valence-electron chi connectivity index (χ3n) is 3.73. The molecule has 2 nitrogen and oxygen atoms in total. The molecule has 1 fully saturated rings. The Morgan fingerprint density at radius 1 is 1.28 bits per heavy atom. The largest absolute Gasteiger partial charge is 0.356 e. The van der Waals surface area contributed by atoms with Crippen LogP contribution < -0.4 is 5.32 Å². The highest BCUT2D eigenvalue weighted by Crippen LogP contribution is 2.36. The molecule has 0 saturated heterocycles. The summed E-state index contributed by atoms with van der Waals surface area (Å²) in [4.78, 5) is 4.64. The molecule has 0 amide bonds. The van der Waals surface area contributed by atoms with Crippen molar-refractivity contribution in [1.29, 1.82) is 0 Å². The monoisotopic (exact) mass is 280 g/mol. The zero-order valence-corrected chi connectivity index (χ0v) is 12.1. The topological polar surface area (TPSA) is 24.9 Å². The average Bonchev–Trinajstić information content (AvgIpc) is 2.73. The van der Waals surface area contributed by atoms with Crippen molar-refractivity contribution in [3.63, 3.8) is 0 Å². The van der Waals surface area contributed by atoms with Gasteiger partial charge in [0.2, 0.25) is 0 Å². The molecule has 1 aliphatic carbocycles. The SMILES string of the molecule is CC1(Nc2nc3cccc(Cl)c3s2)CCCCC1. The van der Waals surface area contributed by atoms with E-state index in [-0.39, 0.29) is 5.54 Å². The Bertz CT molecular complexity index is 558. The van der Waals surface area contributed by atoms with Crippen LogP contribution >= 0.6 is 22.9 Å². The van der Waals surface area contributed by atoms with E-state index >= 15 is 0 Å². The Morgan fingerprint density at radius 3 is 2.78 bits per heavy atom. The molecule has 0 aliphatic heterocycles. The minimum absolute atomic E-state index is 0.207. The second-order valence-electron chi connectivity index (χ2n) is 5.35. The third-order valence-corrected chi connectivity index (χ3v) is 5.18. The maximum atomic E-state index is 6.19. The zero-order valence-electron chi connectivity index (χ0n) is 10.5. The van der Waals surface area contributed by atoms with Crippen LogP contribution in [0.2, 0.25) is 5.02 Å². The molecule has 0 spiro atoms. The molecule has 1 saturated carbocycles. The Balaban J connectivity index is 1.88. The number of halogens is 1. The van der Waals surface area contributed by atoms with Crippen LogP contribution in [0.15, 0.2) is 18.2 Å². The number of nitrogens with zero attached hydrogens (tertiary/aromatic N) is 1. The molecule has 1 aromatic carbocycles. The number of aromatic nitrogens is 1. The fourth-order valence-corrected chi connectivity index (χ4v) is 3.99. The number of fused-ring (bicyclic) bond motifs is 1. The van der Waals surface area contributed by atoms with Crippen molar-refractivity contribution < 1.29 is 0 Å². The van der Waals surface area contributed by atoms with Gasteiger partial charge in [-0.2, -0.15) is 0 Å². The lowest BCUT2D eigenvalue weighted by atomic mass is 9.83. The number of nitrogens with one attached hydrogen (secondary N) is 1. The van der Waals surface area contributed by atoms with Gasteiger partial charge < -0.3 is 5.32 Å². The maximum absolute atomic E-state index is 6.19. The summed E-state index contributed by atoms with van der Waals surface area (Å²) in [6.45, 7) is 2.31. The van der Waals surface area contributed by atoms with Crippen molar-refractivity contribution in [3.05, 3.63) is 23.2 Å². The molecule has 0 atom stereocenters. The molecule has 1 aromatic heterocycles. The van der Waals surface area contributed by atoms with Crippen LogP contribution in [-0.2, 0) is 0 Å². The van der Waals surface area contributed by atoms with Gasteiger partial charge in [-0.1, -0.05) is 48.3 Å². The predicted molar refractivity (Wildman–Crippen MR) is 79.7 cm³/mol. The lowest BCUT2D eigenvalue weighted by Crippen LogP contribution is -2.36. The molecule has 0 unspecified atom stereocenters. The number of benzene rings is 1. The number of rotatable bonds is 2. The number of hydrogen-bond acceptors (Lipinski definition) is 3. The third kappa shape index (κ3) is 2.34. The van der Waals surface area contributed by atoms with Crippen LogP contribution in [-0.4, -0.2) is 10.5 Å². The summed E-state index contributed by atoms with van der Waals surface area (Å²) in [7, 11) is 0. The minimum atomic E-state index is 0.207. The van der Waals surface area contributed by atoms with Gasteiger partial charge in [-0.25, -0.2) is 4.98 Å². The van der Waals surface area contributed by atoms with Crippen molar-refractivity contribution in [2.75, 3.05) is 5.32 Å². The Morgan fingerprint density at radius 2 is 2.06 bits per heavy atom. The molecule has 1 aliphatic rings. The van der Waals surface area contributed by atoms with Gasteiger partial charge in [-0.3, -0.25) is 0 Å². The molecule has 3 rings (SSSR count). The predicted octanol–water partition coefficient (Wildman–Crippen LogP) is 5.08. The molecule has 0 radical (unpaired) electrons. The van der Waals surface area contributed by atoms with E-state index in [0.29, 0.717) is 0 Å². The molecule has 1 N–H and O–H groups in total. The summed E-state index contributed by atoms with van der Waals surface area (Å²) in [5.74, 6) is 0. The molecule has 0 bridgehead atoms. The van der Waals surface area contributed by atoms with Crippen LogP contribution in [0.4, 0.5) is 5.13 Å². The highest BCUT2D eigenvalue weighted by molar-refractivity contribution is 7.22. The highest BCUT2D eigenvalue weighted by atomic mass is 35.5. The number of anilines is 1. The fourth-order valence-electron chi connectivity index (χ4n) is 2.68. The van der Waals surface area contributed by atoms with Gasteiger partial charge in [-0.15, -0.1) is 0 Å². The summed E-state index contributed by atoms with van der Waals surface area (Å²) in [5.41, 5.74) is 1.20. The van der Waals surface area contributed by atoms with Gasteiger partial charge >= 0.3 is 0 Å². The van der Waals surface area contributed by atoms with Crippen molar-refractivity contribution in [1.82, 2.24) is 4.98 Å². The van der Waals surface area contributed by atoms with Crippen LogP contribution in [0.1, 0.15) is 39.0 Å². The van der Waals surface area contributed by atoms with Crippen molar-refractivity contribution in [2.24, 2.45) is 0 Å². The van der Waals surface area contributed by atoms with Gasteiger partial charge in [0.05, 0.1) is 15.2 Å². The van der Waals surface area contributed by atoms with Gasteiger partial charge in [0, 0.05) is 5.54 Å². The molecular formula is C14H17ClN2S. The standard InChI is InChI=1S/C14H17ClN2S/c1-14(8-3-2-4-9-14)17-13-16-11-7-5-6-10(15)12(11)18-13/h5-7H,2-4,8-9H2,1H3,(H,16,17). The molecule has 4 heteroatoms. The summed E-state index contributed by atoms with van der Waals surface area (Å²) in [6, 6.07) is 5.90. The van der Waals surface area contributed by atoms with Crippen LogP contribution in [0.3, 0.4) is 0 Å². The molecule has 2 aromatic rings. The van der Waals surface area contributed by atoms with Crippen molar-refractivity contribution in [2.45, 2.75) is 44.6 Å². The highest BCUT2D eigenvalue weighted by Gasteiger charge is 2.27. The van der Waals surface area contributed by atoms with Crippen molar-refractivity contribution >= 4 is 38.3 Å². The van der Waals surface area contributed by atoms with E-state index in [4.69, 9.17) is 11.6 Å². The van der Waals surface area contributed by atoms with Crippen LogP contribution in [0.25, 0.3) is 10.2 Å². The first kappa shape index (κ1) is 12.2. The lowest BCUT2D eigenvalue weighted by molar-refractivity contribution is 0.349. The molecule has 1 heterocycles. The second-order valence-corrected chi connectivity index (χ2v) is 6.76. The van der Waals surface area contributed by atoms with E-state index in [1.807, 2.05) is 18.2 Å².